The van der Waals surface area contributed by atoms with Crippen LogP contribution in [0.4, 0.5) is 0 Å². The Labute approximate surface area is 131 Å². The van der Waals surface area contributed by atoms with Gasteiger partial charge in [0, 0.05) is 14.8 Å². The first kappa shape index (κ1) is 15.0. The lowest BCUT2D eigenvalue weighted by atomic mass is 10.1. The minimum atomic E-state index is -0.536. The SMILES string of the molecule is C[C@@H](O)c1ccc(Sc2cc(Cl)ccc2Cl)c(Cl)c1. The largest absolute Gasteiger partial charge is 0.389 e. The molecule has 2 rings (SSSR count). The van der Waals surface area contributed by atoms with Gasteiger partial charge in [0.15, 0.2) is 0 Å². The van der Waals surface area contributed by atoms with Gasteiger partial charge in [0.25, 0.3) is 0 Å². The molecule has 100 valence electrons. The first-order chi connectivity index (χ1) is 8.97. The molecule has 0 aliphatic rings. The van der Waals surface area contributed by atoms with Gasteiger partial charge in [0.05, 0.1) is 16.1 Å². The summed E-state index contributed by atoms with van der Waals surface area (Å²) in [7, 11) is 0. The average Bonchev–Trinajstić information content (AvgIpc) is 2.36. The van der Waals surface area contributed by atoms with Gasteiger partial charge in [-0.1, -0.05) is 52.6 Å². The molecule has 0 unspecified atom stereocenters. The monoisotopic (exact) mass is 332 g/mol. The van der Waals surface area contributed by atoms with Crippen LogP contribution in [0.3, 0.4) is 0 Å². The van der Waals surface area contributed by atoms with Crippen molar-refractivity contribution in [3.63, 3.8) is 0 Å². The predicted octanol–water partition coefficient (Wildman–Crippen LogP) is 5.85. The molecule has 0 saturated carbocycles. The highest BCUT2D eigenvalue weighted by atomic mass is 35.5. The molecule has 0 bridgehead atoms. The Hall–Kier alpha value is -0.380. The molecule has 1 atom stereocenters. The van der Waals surface area contributed by atoms with Crippen LogP contribution < -0.4 is 0 Å². The van der Waals surface area contributed by atoms with Crippen molar-refractivity contribution in [2.75, 3.05) is 0 Å². The number of benzene rings is 2. The van der Waals surface area contributed by atoms with Crippen LogP contribution >= 0.6 is 46.6 Å². The van der Waals surface area contributed by atoms with E-state index in [4.69, 9.17) is 34.8 Å². The van der Waals surface area contributed by atoms with Crippen molar-refractivity contribution in [1.29, 1.82) is 0 Å². The van der Waals surface area contributed by atoms with Crippen molar-refractivity contribution < 1.29 is 5.11 Å². The molecule has 0 aromatic heterocycles. The molecule has 2 aromatic rings. The molecule has 0 spiro atoms. The summed E-state index contributed by atoms with van der Waals surface area (Å²) < 4.78 is 0. The Balaban J connectivity index is 2.31. The zero-order valence-corrected chi connectivity index (χ0v) is 13.1. The average molecular weight is 334 g/mol. The van der Waals surface area contributed by atoms with Gasteiger partial charge in [-0.15, -0.1) is 0 Å². The Kier molecular flexibility index (Phi) is 5.04. The van der Waals surface area contributed by atoms with E-state index in [2.05, 4.69) is 0 Å². The highest BCUT2D eigenvalue weighted by Gasteiger charge is 2.09. The van der Waals surface area contributed by atoms with Crippen molar-refractivity contribution in [2.45, 2.75) is 22.8 Å². The standard InChI is InChI=1S/C14H11Cl3OS/c1-8(18)9-2-5-13(12(17)6-9)19-14-7-10(15)3-4-11(14)16/h2-8,18H,1H3/t8-/m1/s1. The van der Waals surface area contributed by atoms with Crippen molar-refractivity contribution in [3.8, 4) is 0 Å². The second-order valence-electron chi connectivity index (χ2n) is 4.04. The summed E-state index contributed by atoms with van der Waals surface area (Å²) in [4.78, 5) is 1.72. The second-order valence-corrected chi connectivity index (χ2v) is 6.38. The molecule has 0 heterocycles. The van der Waals surface area contributed by atoms with Gasteiger partial charge in [-0.05, 0) is 42.8 Å². The molecule has 0 aliphatic carbocycles. The lowest BCUT2D eigenvalue weighted by Gasteiger charge is -2.10. The van der Waals surface area contributed by atoms with Crippen molar-refractivity contribution in [1.82, 2.24) is 0 Å². The van der Waals surface area contributed by atoms with E-state index in [-0.39, 0.29) is 0 Å². The van der Waals surface area contributed by atoms with E-state index in [0.29, 0.717) is 15.1 Å². The van der Waals surface area contributed by atoms with E-state index < -0.39 is 6.10 Å². The number of halogens is 3. The Morgan fingerprint density at radius 2 is 1.68 bits per heavy atom. The highest BCUT2D eigenvalue weighted by Crippen LogP contribution is 2.39. The van der Waals surface area contributed by atoms with Crippen LogP contribution in [0.1, 0.15) is 18.6 Å². The van der Waals surface area contributed by atoms with Gasteiger partial charge in [0.2, 0.25) is 0 Å². The summed E-state index contributed by atoms with van der Waals surface area (Å²) in [5.41, 5.74) is 0.784. The highest BCUT2D eigenvalue weighted by molar-refractivity contribution is 7.99. The summed E-state index contributed by atoms with van der Waals surface area (Å²) in [6.07, 6.45) is -0.536. The lowest BCUT2D eigenvalue weighted by Crippen LogP contribution is -1.90. The first-order valence-electron chi connectivity index (χ1n) is 5.58. The second kappa shape index (κ2) is 6.38. The summed E-state index contributed by atoms with van der Waals surface area (Å²) in [6, 6.07) is 10.8. The Morgan fingerprint density at radius 1 is 0.947 bits per heavy atom. The third-order valence-electron chi connectivity index (χ3n) is 2.55. The molecular formula is C14H11Cl3OS. The normalized spacial score (nSPS) is 12.5. The van der Waals surface area contributed by atoms with Gasteiger partial charge < -0.3 is 5.11 Å². The zero-order chi connectivity index (χ0) is 14.0. The molecule has 5 heteroatoms. The van der Waals surface area contributed by atoms with Crippen molar-refractivity contribution in [3.05, 3.63) is 57.0 Å². The van der Waals surface area contributed by atoms with Crippen LogP contribution in [0, 0.1) is 0 Å². The molecule has 0 fully saturated rings. The van der Waals surface area contributed by atoms with Crippen LogP contribution in [0.15, 0.2) is 46.2 Å². The van der Waals surface area contributed by atoms with Gasteiger partial charge in [-0.2, -0.15) is 0 Å². The summed E-state index contributed by atoms with van der Waals surface area (Å²) in [5.74, 6) is 0. The number of aliphatic hydroxyl groups excluding tert-OH is 1. The fraction of sp³-hybridized carbons (Fsp3) is 0.143. The van der Waals surface area contributed by atoms with E-state index in [9.17, 15) is 5.11 Å². The molecule has 0 saturated heterocycles. The van der Waals surface area contributed by atoms with E-state index in [1.807, 2.05) is 12.1 Å². The van der Waals surface area contributed by atoms with Crippen LogP contribution in [-0.4, -0.2) is 5.11 Å². The number of aliphatic hydroxyl groups is 1. The molecule has 1 nitrogen and oxygen atoms in total. The number of rotatable bonds is 3. The van der Waals surface area contributed by atoms with E-state index in [1.54, 1.807) is 31.2 Å². The van der Waals surface area contributed by atoms with E-state index in [0.717, 1.165) is 15.4 Å². The maximum Gasteiger partial charge on any atom is 0.0762 e. The van der Waals surface area contributed by atoms with Gasteiger partial charge in [0.1, 0.15) is 0 Å². The van der Waals surface area contributed by atoms with Crippen LogP contribution in [0.5, 0.6) is 0 Å². The third kappa shape index (κ3) is 3.80. The number of hydrogen-bond acceptors (Lipinski definition) is 2. The fourth-order valence-corrected chi connectivity index (χ4v) is 3.19. The minimum Gasteiger partial charge on any atom is -0.389 e. The zero-order valence-electron chi connectivity index (χ0n) is 10.0. The molecule has 0 radical (unpaired) electrons. The van der Waals surface area contributed by atoms with Crippen LogP contribution in [0.25, 0.3) is 0 Å². The molecule has 1 N–H and O–H groups in total. The smallest absolute Gasteiger partial charge is 0.0762 e. The van der Waals surface area contributed by atoms with Crippen molar-refractivity contribution in [2.24, 2.45) is 0 Å². The third-order valence-corrected chi connectivity index (χ3v) is 4.79. The topological polar surface area (TPSA) is 20.2 Å². The van der Waals surface area contributed by atoms with Gasteiger partial charge in [-0.25, -0.2) is 0 Å². The van der Waals surface area contributed by atoms with Crippen molar-refractivity contribution >= 4 is 46.6 Å². The number of hydrogen-bond donors (Lipinski definition) is 1. The van der Waals surface area contributed by atoms with Crippen LogP contribution in [0.2, 0.25) is 15.1 Å². The summed E-state index contributed by atoms with van der Waals surface area (Å²) >= 11 is 19.7. The lowest BCUT2D eigenvalue weighted by molar-refractivity contribution is 0.199. The molecule has 0 aliphatic heterocycles. The molecule has 0 amide bonds. The molecular weight excluding hydrogens is 323 g/mol. The molecule has 19 heavy (non-hydrogen) atoms. The van der Waals surface area contributed by atoms with Gasteiger partial charge >= 0.3 is 0 Å². The predicted molar refractivity (Wildman–Crippen MR) is 82.7 cm³/mol. The summed E-state index contributed by atoms with van der Waals surface area (Å²) in [6.45, 7) is 1.70. The Morgan fingerprint density at radius 3 is 2.32 bits per heavy atom. The van der Waals surface area contributed by atoms with E-state index >= 15 is 0 Å². The summed E-state index contributed by atoms with van der Waals surface area (Å²) in [5, 5.41) is 11.3. The maximum absolute atomic E-state index is 9.51. The van der Waals surface area contributed by atoms with Gasteiger partial charge in [-0.3, -0.25) is 0 Å². The van der Waals surface area contributed by atoms with Crippen LogP contribution in [-0.2, 0) is 0 Å². The Bertz CT molecular complexity index is 599. The maximum atomic E-state index is 9.51. The quantitative estimate of drug-likeness (QED) is 0.760. The fourth-order valence-electron chi connectivity index (χ4n) is 1.53. The minimum absolute atomic E-state index is 0.536. The molecule has 2 aromatic carbocycles. The first-order valence-corrected chi connectivity index (χ1v) is 7.53. The van der Waals surface area contributed by atoms with E-state index in [1.165, 1.54) is 11.8 Å².